The molecule has 1 heterocycles. The van der Waals surface area contributed by atoms with Gasteiger partial charge in [-0.3, -0.25) is 4.79 Å². The van der Waals surface area contributed by atoms with Gasteiger partial charge in [-0.2, -0.15) is 13.2 Å². The van der Waals surface area contributed by atoms with Crippen LogP contribution in [-0.2, 0) is 17.4 Å². The number of aliphatic hydroxyl groups excluding tert-OH is 2. The molecule has 11 heteroatoms. The third-order valence-corrected chi connectivity index (χ3v) is 4.26. The van der Waals surface area contributed by atoms with Crippen LogP contribution in [0.15, 0.2) is 47.8 Å². The highest BCUT2D eigenvalue weighted by Gasteiger charge is 2.31. The Morgan fingerprint density at radius 3 is 2.47 bits per heavy atom. The minimum atomic E-state index is -4.68. The number of alkyl halides is 3. The number of amides is 1. The minimum Gasteiger partial charge on any atom is -0.395 e. The summed E-state index contributed by atoms with van der Waals surface area (Å²) in [7, 11) is 0. The molecule has 0 saturated carbocycles. The van der Waals surface area contributed by atoms with E-state index in [0.29, 0.717) is 11.6 Å². The van der Waals surface area contributed by atoms with Crippen LogP contribution in [0.4, 0.5) is 23.4 Å². The van der Waals surface area contributed by atoms with E-state index in [1.807, 2.05) is 0 Å². The molecule has 7 nitrogen and oxygen atoms in total. The number of rotatable bonds is 9. The van der Waals surface area contributed by atoms with Crippen LogP contribution in [0.1, 0.15) is 23.6 Å². The first-order valence-corrected chi connectivity index (χ1v) is 9.42. The molecule has 1 amide bonds. The van der Waals surface area contributed by atoms with E-state index in [1.165, 1.54) is 25.3 Å². The first-order chi connectivity index (χ1) is 15.0. The van der Waals surface area contributed by atoms with Gasteiger partial charge in [0, 0.05) is 18.5 Å². The quantitative estimate of drug-likeness (QED) is 0.227. The van der Waals surface area contributed by atoms with Gasteiger partial charge < -0.3 is 26.3 Å². The first-order valence-electron chi connectivity index (χ1n) is 9.42. The van der Waals surface area contributed by atoms with Crippen molar-refractivity contribution in [1.29, 1.82) is 5.41 Å². The van der Waals surface area contributed by atoms with E-state index in [0.717, 1.165) is 12.1 Å². The lowest BCUT2D eigenvalue weighted by Gasteiger charge is -2.15. The minimum absolute atomic E-state index is 0.0242. The molecule has 0 aliphatic rings. The second-order valence-electron chi connectivity index (χ2n) is 6.81. The third kappa shape index (κ3) is 6.86. The number of carbonyl (C=O) groups excluding carboxylic acids is 1. The van der Waals surface area contributed by atoms with Crippen LogP contribution < -0.4 is 10.6 Å². The van der Waals surface area contributed by atoms with Crippen molar-refractivity contribution in [3.05, 3.63) is 70.3 Å². The highest BCUT2D eigenvalue weighted by molar-refractivity contribution is 6.20. The van der Waals surface area contributed by atoms with Crippen LogP contribution in [0.25, 0.3) is 0 Å². The van der Waals surface area contributed by atoms with Gasteiger partial charge in [-0.15, -0.1) is 0 Å². The largest absolute Gasteiger partial charge is 0.416 e. The van der Waals surface area contributed by atoms with Crippen molar-refractivity contribution in [3.63, 3.8) is 0 Å². The highest BCUT2D eigenvalue weighted by atomic mass is 19.4. The summed E-state index contributed by atoms with van der Waals surface area (Å²) in [6, 6.07) is 5.28. The molecule has 0 unspecified atom stereocenters. The molecule has 0 aliphatic heterocycles. The molecule has 0 spiro atoms. The molecule has 0 bridgehead atoms. The maximum Gasteiger partial charge on any atom is 0.416 e. The number of aromatic nitrogens is 1. The van der Waals surface area contributed by atoms with Crippen molar-refractivity contribution in [2.24, 2.45) is 0 Å². The van der Waals surface area contributed by atoms with Gasteiger partial charge in [0.2, 0.25) is 0 Å². The summed E-state index contributed by atoms with van der Waals surface area (Å²) in [4.78, 5) is 16.3. The molecule has 1 aromatic heterocycles. The van der Waals surface area contributed by atoms with Gasteiger partial charge in [0.05, 0.1) is 30.0 Å². The van der Waals surface area contributed by atoms with E-state index in [4.69, 9.17) is 10.5 Å². The molecular formula is C21H22F4N4O3. The third-order valence-electron chi connectivity index (χ3n) is 4.26. The Morgan fingerprint density at radius 1 is 1.16 bits per heavy atom. The van der Waals surface area contributed by atoms with E-state index >= 15 is 0 Å². The standard InChI is InChI=1S/C21H22F4N4O3/c1-12(26)19(20(32)28-4-5-30)17(11-31)29-18-9-13(2-3-27-18)6-14-7-15(21(23,24)25)10-16(22)8-14/h2-3,7-10,26,30-31H,4-6,11H2,1H3,(H,27,29)(H,28,32)/b19-17+,26-12?. The van der Waals surface area contributed by atoms with Crippen molar-refractivity contribution >= 4 is 17.4 Å². The van der Waals surface area contributed by atoms with Crippen molar-refractivity contribution in [1.82, 2.24) is 10.3 Å². The maximum atomic E-state index is 13.7. The van der Waals surface area contributed by atoms with Crippen LogP contribution in [0.5, 0.6) is 0 Å². The Balaban J connectivity index is 2.32. The average molecular weight is 454 g/mol. The number of hydrogen-bond acceptors (Lipinski definition) is 6. The molecule has 172 valence electrons. The molecule has 0 aliphatic carbocycles. The molecule has 0 atom stereocenters. The Bertz CT molecular complexity index is 1020. The predicted molar refractivity (Wildman–Crippen MR) is 110 cm³/mol. The zero-order valence-corrected chi connectivity index (χ0v) is 17.1. The number of halogens is 4. The average Bonchev–Trinajstić information content (AvgIpc) is 2.70. The number of carbonyl (C=O) groups is 1. The summed E-state index contributed by atoms with van der Waals surface area (Å²) >= 11 is 0. The van der Waals surface area contributed by atoms with Crippen molar-refractivity contribution < 1.29 is 32.6 Å². The SMILES string of the molecule is CC(=N)/C(C(=O)NCCO)=C(/CO)Nc1cc(Cc2cc(F)cc(C(F)(F)F)c2)ccn1. The highest BCUT2D eigenvalue weighted by Crippen LogP contribution is 2.31. The lowest BCUT2D eigenvalue weighted by molar-refractivity contribution is -0.137. The zero-order valence-electron chi connectivity index (χ0n) is 17.1. The van der Waals surface area contributed by atoms with Gasteiger partial charge in [-0.25, -0.2) is 9.37 Å². The fourth-order valence-electron chi connectivity index (χ4n) is 2.93. The van der Waals surface area contributed by atoms with Crippen molar-refractivity contribution in [2.75, 3.05) is 25.1 Å². The molecule has 2 aromatic rings. The van der Waals surface area contributed by atoms with Gasteiger partial charge in [-0.1, -0.05) is 0 Å². The smallest absolute Gasteiger partial charge is 0.395 e. The van der Waals surface area contributed by atoms with Crippen LogP contribution in [0.2, 0.25) is 0 Å². The molecule has 0 radical (unpaired) electrons. The lowest BCUT2D eigenvalue weighted by Crippen LogP contribution is -2.32. The molecule has 2 rings (SSSR count). The van der Waals surface area contributed by atoms with Crippen LogP contribution in [0.3, 0.4) is 0 Å². The number of aliphatic hydroxyl groups is 2. The summed E-state index contributed by atoms with van der Waals surface area (Å²) in [6.07, 6.45) is -3.34. The van der Waals surface area contributed by atoms with Gasteiger partial charge in [-0.05, 0) is 54.8 Å². The van der Waals surface area contributed by atoms with E-state index < -0.39 is 30.1 Å². The molecule has 1 aromatic carbocycles. The van der Waals surface area contributed by atoms with Crippen LogP contribution >= 0.6 is 0 Å². The maximum absolute atomic E-state index is 13.7. The van der Waals surface area contributed by atoms with Crippen molar-refractivity contribution in [2.45, 2.75) is 19.5 Å². The first kappa shape index (κ1) is 25.0. The van der Waals surface area contributed by atoms with Gasteiger partial charge in [0.15, 0.2) is 0 Å². The Labute approximate surface area is 181 Å². The molecule has 0 fully saturated rings. The second kappa shape index (κ2) is 10.8. The van der Waals surface area contributed by atoms with Crippen LogP contribution in [0, 0.1) is 11.2 Å². The predicted octanol–water partition coefficient (Wildman–Crippen LogP) is 2.64. The number of nitrogens with zero attached hydrogens (tertiary/aromatic N) is 1. The fraction of sp³-hybridized carbons (Fsp3) is 0.286. The molecule has 32 heavy (non-hydrogen) atoms. The number of anilines is 1. The monoisotopic (exact) mass is 454 g/mol. The van der Waals surface area contributed by atoms with Crippen LogP contribution in [-0.4, -0.2) is 46.6 Å². The van der Waals surface area contributed by atoms with Gasteiger partial charge in [0.1, 0.15) is 11.6 Å². The Morgan fingerprint density at radius 2 is 1.88 bits per heavy atom. The number of benzene rings is 1. The summed E-state index contributed by atoms with van der Waals surface area (Å²) in [5, 5.41) is 31.5. The summed E-state index contributed by atoms with van der Waals surface area (Å²) in [6.45, 7) is 0.355. The van der Waals surface area contributed by atoms with E-state index in [1.54, 1.807) is 0 Å². The summed E-state index contributed by atoms with van der Waals surface area (Å²) in [5.74, 6) is -1.53. The summed E-state index contributed by atoms with van der Waals surface area (Å²) < 4.78 is 52.5. The topological polar surface area (TPSA) is 118 Å². The summed E-state index contributed by atoms with van der Waals surface area (Å²) in [5.41, 5.74) is -0.808. The van der Waals surface area contributed by atoms with E-state index in [9.17, 15) is 27.5 Å². The fourth-order valence-corrected chi connectivity index (χ4v) is 2.93. The molecule has 0 saturated heterocycles. The van der Waals surface area contributed by atoms with Crippen molar-refractivity contribution in [3.8, 4) is 0 Å². The molecule has 5 N–H and O–H groups in total. The Kier molecular flexibility index (Phi) is 8.44. The van der Waals surface area contributed by atoms with Gasteiger partial charge in [0.25, 0.3) is 5.91 Å². The number of nitrogens with one attached hydrogen (secondary N) is 3. The Hall–Kier alpha value is -3.31. The number of pyridine rings is 1. The lowest BCUT2D eigenvalue weighted by atomic mass is 10.0. The van der Waals surface area contributed by atoms with Gasteiger partial charge >= 0.3 is 6.18 Å². The second-order valence-corrected chi connectivity index (χ2v) is 6.81. The zero-order chi connectivity index (χ0) is 23.9. The normalized spacial score (nSPS) is 12.2. The van der Waals surface area contributed by atoms with E-state index in [2.05, 4.69) is 15.6 Å². The molecular weight excluding hydrogens is 432 g/mol. The van der Waals surface area contributed by atoms with E-state index in [-0.39, 0.29) is 47.9 Å². The number of hydrogen-bond donors (Lipinski definition) is 5.